The highest BCUT2D eigenvalue weighted by Gasteiger charge is 2.53. The first kappa shape index (κ1) is 26.7. The molecule has 2 bridgehead atoms. The molecule has 9 heteroatoms. The summed E-state index contributed by atoms with van der Waals surface area (Å²) in [5, 5.41) is 1.41. The zero-order valence-corrected chi connectivity index (χ0v) is 23.4. The summed E-state index contributed by atoms with van der Waals surface area (Å²) in [6, 6.07) is 8.10. The maximum absolute atomic E-state index is 13.7. The van der Waals surface area contributed by atoms with Gasteiger partial charge in [0, 0.05) is 30.3 Å². The number of rotatable bonds is 5. The Hall–Kier alpha value is -2.91. The molecule has 8 nitrogen and oxygen atoms in total. The topological polar surface area (TPSA) is 89.5 Å². The Morgan fingerprint density at radius 1 is 1.08 bits per heavy atom. The summed E-state index contributed by atoms with van der Waals surface area (Å²) in [6.45, 7) is 12.0. The number of nitrogens with zero attached hydrogens (tertiary/aromatic N) is 2. The summed E-state index contributed by atoms with van der Waals surface area (Å²) >= 11 is 0. The fourth-order valence-corrected chi connectivity index (χ4v) is 6.02. The van der Waals surface area contributed by atoms with Crippen molar-refractivity contribution < 1.29 is 23.6 Å². The molecular formula is C29H38BN3O5. The van der Waals surface area contributed by atoms with Crippen molar-refractivity contribution in [1.29, 1.82) is 0 Å². The maximum Gasteiger partial charge on any atom is 0.494 e. The van der Waals surface area contributed by atoms with Gasteiger partial charge in [-0.3, -0.25) is 9.79 Å². The molecular weight excluding hydrogens is 481 g/mol. The number of fused-ring (bicyclic) bond motifs is 2. The van der Waals surface area contributed by atoms with Gasteiger partial charge >= 0.3 is 13.2 Å². The molecule has 0 spiro atoms. The van der Waals surface area contributed by atoms with Gasteiger partial charge in [0.05, 0.1) is 24.2 Å². The Morgan fingerprint density at radius 2 is 1.71 bits per heavy atom. The lowest BCUT2D eigenvalue weighted by Crippen LogP contribution is -2.54. The fraction of sp³-hybridized carbons (Fsp3) is 0.552. The Morgan fingerprint density at radius 3 is 2.32 bits per heavy atom. The van der Waals surface area contributed by atoms with Crippen molar-refractivity contribution in [3.8, 4) is 0 Å². The number of benzene rings is 1. The van der Waals surface area contributed by atoms with E-state index in [2.05, 4.69) is 69.5 Å². The minimum absolute atomic E-state index is 0.0102. The van der Waals surface area contributed by atoms with Gasteiger partial charge in [0.15, 0.2) is 0 Å². The van der Waals surface area contributed by atoms with E-state index < -0.39 is 13.2 Å². The van der Waals surface area contributed by atoms with E-state index in [-0.39, 0.29) is 46.8 Å². The highest BCUT2D eigenvalue weighted by atomic mass is 16.7. The van der Waals surface area contributed by atoms with Crippen LogP contribution in [-0.4, -0.2) is 54.2 Å². The minimum atomic E-state index is -0.645. The number of allylic oxidation sites excluding steroid dienone is 3. The van der Waals surface area contributed by atoms with Crippen LogP contribution >= 0.6 is 0 Å². The molecule has 5 rings (SSSR count). The number of methoxy groups -OCH3 is 1. The van der Waals surface area contributed by atoms with E-state index in [0.717, 1.165) is 28.7 Å². The molecule has 1 aromatic carbocycles. The van der Waals surface area contributed by atoms with E-state index in [1.165, 1.54) is 12.1 Å². The van der Waals surface area contributed by atoms with Crippen LogP contribution in [0.1, 0.15) is 59.9 Å². The molecule has 4 aliphatic rings. The van der Waals surface area contributed by atoms with Gasteiger partial charge in [-0.05, 0) is 76.4 Å². The number of hydrogen-bond donors (Lipinski definition) is 1. The zero-order chi connectivity index (χ0) is 27.4. The van der Waals surface area contributed by atoms with E-state index in [9.17, 15) is 9.59 Å². The minimum Gasteiger partial charge on any atom is -0.452 e. The Balaban J connectivity index is 1.29. The smallest absolute Gasteiger partial charge is 0.452 e. The summed E-state index contributed by atoms with van der Waals surface area (Å²) < 4.78 is 17.1. The highest BCUT2D eigenvalue weighted by Crippen LogP contribution is 2.51. The van der Waals surface area contributed by atoms with Gasteiger partial charge in [-0.25, -0.2) is 15.2 Å². The van der Waals surface area contributed by atoms with Crippen molar-refractivity contribution in [2.75, 3.05) is 7.11 Å². The summed E-state index contributed by atoms with van der Waals surface area (Å²) in [7, 11) is 0.900. The average molecular weight is 519 g/mol. The van der Waals surface area contributed by atoms with E-state index in [4.69, 9.17) is 19.0 Å². The van der Waals surface area contributed by atoms with Crippen LogP contribution in [0.15, 0.2) is 47.6 Å². The molecule has 2 heterocycles. The first-order chi connectivity index (χ1) is 17.9. The lowest BCUT2D eigenvalue weighted by atomic mass is 9.77. The molecule has 2 aliphatic carbocycles. The number of aliphatic imine (C=N–C) groups is 1. The number of carbonyl (C=O) groups excluding carboxylic acids is 2. The van der Waals surface area contributed by atoms with E-state index in [1.807, 2.05) is 20.0 Å². The van der Waals surface area contributed by atoms with Crippen LogP contribution < -0.4 is 10.9 Å². The number of carbonyl (C=O) groups is 2. The fourth-order valence-electron chi connectivity index (χ4n) is 6.02. The third-order valence-corrected chi connectivity index (χ3v) is 8.84. The van der Waals surface area contributed by atoms with Gasteiger partial charge in [0.25, 0.3) is 0 Å². The number of ether oxygens (including phenoxy) is 1. The number of hydrazine groups is 1. The molecule has 1 saturated heterocycles. The average Bonchev–Trinajstić information content (AvgIpc) is 3.65. The van der Waals surface area contributed by atoms with Gasteiger partial charge in [0.2, 0.25) is 5.91 Å². The first-order valence-corrected chi connectivity index (χ1v) is 13.5. The summed E-state index contributed by atoms with van der Waals surface area (Å²) in [5.41, 5.74) is 6.10. The third kappa shape index (κ3) is 4.60. The SMILES string of the molecule is COC(=O)NN(C(=O)C1C2C=CC(C2)[C@@H]1C1=NC=C(c2ccc(B3OC(C)(C)C(C)(C)O3)cc2)C1)C(C)C. The van der Waals surface area contributed by atoms with Gasteiger partial charge < -0.3 is 14.0 Å². The molecule has 1 saturated carbocycles. The second-order valence-corrected chi connectivity index (χ2v) is 12.1. The van der Waals surface area contributed by atoms with Gasteiger partial charge in [-0.15, -0.1) is 0 Å². The molecule has 0 aromatic heterocycles. The van der Waals surface area contributed by atoms with Crippen molar-refractivity contribution >= 4 is 35.9 Å². The van der Waals surface area contributed by atoms with E-state index in [1.54, 1.807) is 0 Å². The molecule has 1 aromatic rings. The van der Waals surface area contributed by atoms with Crippen LogP contribution in [0.5, 0.6) is 0 Å². The molecule has 1 N–H and O–H groups in total. The van der Waals surface area contributed by atoms with Crippen molar-refractivity contribution in [3.63, 3.8) is 0 Å². The molecule has 38 heavy (non-hydrogen) atoms. The van der Waals surface area contributed by atoms with Gasteiger partial charge in [0.1, 0.15) is 0 Å². The highest BCUT2D eigenvalue weighted by molar-refractivity contribution is 6.62. The Bertz CT molecular complexity index is 1190. The zero-order valence-electron chi connectivity index (χ0n) is 23.4. The predicted octanol–water partition coefficient (Wildman–Crippen LogP) is 4.12. The standard InChI is InChI=1S/C29H38BN3O5/c1-17(2)33(32-27(35)36-7)26(34)25-20-9-8-19(14-20)24(25)23-15-21(16-31-23)18-10-12-22(13-11-18)30-37-28(3,4)29(5,6)38-30/h8-13,16-17,19-20,24-25H,14-15H2,1-7H3,(H,32,35)/t19?,20?,24-,25?/m1/s1. The molecule has 3 unspecified atom stereocenters. The molecule has 2 aliphatic heterocycles. The van der Waals surface area contributed by atoms with Crippen LogP contribution in [-0.2, 0) is 18.8 Å². The largest absolute Gasteiger partial charge is 0.494 e. The second-order valence-electron chi connectivity index (χ2n) is 12.1. The van der Waals surface area contributed by atoms with Crippen LogP contribution in [0.3, 0.4) is 0 Å². The first-order valence-electron chi connectivity index (χ1n) is 13.5. The second kappa shape index (κ2) is 9.69. The summed E-state index contributed by atoms with van der Waals surface area (Å²) in [6.07, 6.45) is 7.30. The van der Waals surface area contributed by atoms with Crippen LogP contribution in [0, 0.1) is 23.7 Å². The molecule has 0 radical (unpaired) electrons. The van der Waals surface area contributed by atoms with E-state index >= 15 is 0 Å². The maximum atomic E-state index is 13.7. The number of hydrogen-bond acceptors (Lipinski definition) is 6. The molecule has 2 amide bonds. The summed E-state index contributed by atoms with van der Waals surface area (Å²) in [5.74, 6) is 0.0791. The third-order valence-electron chi connectivity index (χ3n) is 8.84. The van der Waals surface area contributed by atoms with Gasteiger partial charge in [-0.1, -0.05) is 36.4 Å². The van der Waals surface area contributed by atoms with Crippen LogP contribution in [0.25, 0.3) is 5.57 Å². The van der Waals surface area contributed by atoms with Gasteiger partial charge in [-0.2, -0.15) is 0 Å². The van der Waals surface area contributed by atoms with E-state index in [0.29, 0.717) is 6.42 Å². The van der Waals surface area contributed by atoms with Crippen molar-refractivity contribution in [3.05, 3.63) is 48.2 Å². The monoisotopic (exact) mass is 519 g/mol. The molecule has 4 atom stereocenters. The predicted molar refractivity (Wildman–Crippen MR) is 147 cm³/mol. The molecule has 202 valence electrons. The Kier molecular flexibility index (Phi) is 6.80. The number of amides is 2. The normalized spacial score (nSPS) is 28.5. The molecule has 2 fully saturated rings. The van der Waals surface area contributed by atoms with Crippen molar-refractivity contribution in [1.82, 2.24) is 10.4 Å². The quantitative estimate of drug-likeness (QED) is 0.359. The summed E-state index contributed by atoms with van der Waals surface area (Å²) in [4.78, 5) is 30.5. The van der Waals surface area contributed by atoms with Crippen molar-refractivity contribution in [2.24, 2.45) is 28.7 Å². The lowest BCUT2D eigenvalue weighted by molar-refractivity contribution is -0.142. The van der Waals surface area contributed by atoms with Crippen LogP contribution in [0.2, 0.25) is 0 Å². The number of nitrogens with one attached hydrogen (secondary N) is 1. The lowest BCUT2D eigenvalue weighted by Gasteiger charge is -2.34. The van der Waals surface area contributed by atoms with Crippen molar-refractivity contribution in [2.45, 2.75) is 71.6 Å². The van der Waals surface area contributed by atoms with Crippen LogP contribution in [0.4, 0.5) is 4.79 Å². The Labute approximate surface area is 225 Å².